The van der Waals surface area contributed by atoms with Gasteiger partial charge in [-0.2, -0.15) is 0 Å². The van der Waals surface area contributed by atoms with Crippen LogP contribution in [0, 0.1) is 0 Å². The van der Waals surface area contributed by atoms with Crippen molar-refractivity contribution in [1.82, 2.24) is 4.98 Å². The minimum absolute atomic E-state index is 0.286. The largest absolute Gasteiger partial charge is 0.489 e. The number of hydrogen-bond donors (Lipinski definition) is 0. The number of ether oxygens (including phenoxy) is 2. The molecular formula is C23H23NO3. The molecule has 0 saturated carbocycles. The van der Waals surface area contributed by atoms with E-state index < -0.39 is 5.41 Å². The Bertz CT molecular complexity index is 863. The lowest BCUT2D eigenvalue weighted by Crippen LogP contribution is -2.36. The van der Waals surface area contributed by atoms with Gasteiger partial charge in [-0.1, -0.05) is 48.5 Å². The van der Waals surface area contributed by atoms with Crippen LogP contribution in [0.5, 0.6) is 5.75 Å². The summed E-state index contributed by atoms with van der Waals surface area (Å²) in [5.74, 6) is 0.471. The summed E-state index contributed by atoms with van der Waals surface area (Å²) in [6.07, 6.45) is 2.19. The molecular weight excluding hydrogens is 338 g/mol. The van der Waals surface area contributed by atoms with Gasteiger partial charge >= 0.3 is 5.97 Å². The Labute approximate surface area is 159 Å². The molecule has 138 valence electrons. The molecule has 3 aromatic rings. The number of nitrogens with zero attached hydrogens (tertiary/aromatic N) is 1. The van der Waals surface area contributed by atoms with Gasteiger partial charge in [0.2, 0.25) is 0 Å². The van der Waals surface area contributed by atoms with Crippen molar-refractivity contribution in [3.8, 4) is 5.75 Å². The molecule has 0 bridgehead atoms. The number of methoxy groups -OCH3 is 1. The zero-order valence-corrected chi connectivity index (χ0v) is 15.6. The first kappa shape index (κ1) is 18.6. The van der Waals surface area contributed by atoms with Crippen molar-refractivity contribution >= 4 is 5.97 Å². The van der Waals surface area contributed by atoms with E-state index >= 15 is 0 Å². The summed E-state index contributed by atoms with van der Waals surface area (Å²) in [5, 5.41) is 0. The zero-order valence-electron chi connectivity index (χ0n) is 15.6. The lowest BCUT2D eigenvalue weighted by molar-refractivity contribution is -0.147. The van der Waals surface area contributed by atoms with Gasteiger partial charge < -0.3 is 9.47 Å². The first-order valence-electron chi connectivity index (χ1n) is 8.87. The highest BCUT2D eigenvalue weighted by molar-refractivity contribution is 5.83. The van der Waals surface area contributed by atoms with Crippen LogP contribution in [0.25, 0.3) is 0 Å². The SMILES string of the molecule is COC(=O)C(C)(Cc1ccccn1)c1ccc(OCc2ccccc2)cc1. The predicted molar refractivity (Wildman–Crippen MR) is 105 cm³/mol. The molecule has 3 rings (SSSR count). The van der Waals surface area contributed by atoms with Crippen LogP contribution < -0.4 is 4.74 Å². The zero-order chi connectivity index (χ0) is 19.1. The Morgan fingerprint density at radius 1 is 0.963 bits per heavy atom. The molecule has 1 aromatic heterocycles. The third-order valence-electron chi connectivity index (χ3n) is 4.64. The van der Waals surface area contributed by atoms with Crippen molar-refractivity contribution in [3.63, 3.8) is 0 Å². The number of hydrogen-bond acceptors (Lipinski definition) is 4. The highest BCUT2D eigenvalue weighted by atomic mass is 16.5. The fourth-order valence-electron chi connectivity index (χ4n) is 3.04. The average molecular weight is 361 g/mol. The maximum atomic E-state index is 12.6. The molecule has 0 aliphatic heterocycles. The molecule has 0 fully saturated rings. The van der Waals surface area contributed by atoms with Crippen LogP contribution in [0.3, 0.4) is 0 Å². The molecule has 1 heterocycles. The number of esters is 1. The van der Waals surface area contributed by atoms with Crippen molar-refractivity contribution < 1.29 is 14.3 Å². The number of carbonyl (C=O) groups is 1. The van der Waals surface area contributed by atoms with Crippen molar-refractivity contribution in [2.75, 3.05) is 7.11 Å². The quantitative estimate of drug-likeness (QED) is 0.588. The molecule has 0 amide bonds. The Balaban J connectivity index is 1.77. The topological polar surface area (TPSA) is 48.4 Å². The van der Waals surface area contributed by atoms with E-state index in [1.54, 1.807) is 6.20 Å². The van der Waals surface area contributed by atoms with Crippen molar-refractivity contribution in [2.24, 2.45) is 0 Å². The van der Waals surface area contributed by atoms with Crippen LogP contribution in [0.15, 0.2) is 79.0 Å². The molecule has 1 atom stereocenters. The predicted octanol–water partition coefficient (Wildman–Crippen LogP) is 4.33. The fraction of sp³-hybridized carbons (Fsp3) is 0.217. The van der Waals surface area contributed by atoms with E-state index in [4.69, 9.17) is 9.47 Å². The normalized spacial score (nSPS) is 12.8. The third kappa shape index (κ3) is 4.53. The fourth-order valence-corrected chi connectivity index (χ4v) is 3.04. The van der Waals surface area contributed by atoms with E-state index in [1.165, 1.54) is 7.11 Å². The highest BCUT2D eigenvalue weighted by Crippen LogP contribution is 2.30. The van der Waals surface area contributed by atoms with Crippen molar-refractivity contribution in [2.45, 2.75) is 25.4 Å². The van der Waals surface area contributed by atoms with Crippen LogP contribution in [-0.2, 0) is 28.0 Å². The number of carbonyl (C=O) groups excluding carboxylic acids is 1. The minimum atomic E-state index is -0.818. The first-order chi connectivity index (χ1) is 13.1. The summed E-state index contributed by atoms with van der Waals surface area (Å²) in [7, 11) is 1.41. The molecule has 0 N–H and O–H groups in total. The third-order valence-corrected chi connectivity index (χ3v) is 4.64. The van der Waals surface area contributed by atoms with Gasteiger partial charge in [-0.3, -0.25) is 9.78 Å². The van der Waals surface area contributed by atoms with Crippen molar-refractivity contribution in [3.05, 3.63) is 95.8 Å². The van der Waals surface area contributed by atoms with E-state index in [-0.39, 0.29) is 5.97 Å². The molecule has 2 aromatic carbocycles. The van der Waals surface area contributed by atoms with E-state index in [2.05, 4.69) is 4.98 Å². The van der Waals surface area contributed by atoms with Gasteiger partial charge in [-0.05, 0) is 42.3 Å². The monoisotopic (exact) mass is 361 g/mol. The maximum absolute atomic E-state index is 12.6. The van der Waals surface area contributed by atoms with Gasteiger partial charge in [0.1, 0.15) is 12.4 Å². The smallest absolute Gasteiger partial charge is 0.316 e. The Morgan fingerprint density at radius 2 is 1.67 bits per heavy atom. The number of benzene rings is 2. The molecule has 0 spiro atoms. The Morgan fingerprint density at radius 3 is 2.30 bits per heavy atom. The Hall–Kier alpha value is -3.14. The van der Waals surface area contributed by atoms with Gasteiger partial charge in [0.05, 0.1) is 12.5 Å². The van der Waals surface area contributed by atoms with Crippen LogP contribution >= 0.6 is 0 Å². The number of pyridine rings is 1. The summed E-state index contributed by atoms with van der Waals surface area (Å²) in [4.78, 5) is 16.9. The summed E-state index contributed by atoms with van der Waals surface area (Å²) in [6, 6.07) is 23.3. The minimum Gasteiger partial charge on any atom is -0.489 e. The van der Waals surface area contributed by atoms with Gasteiger partial charge in [0, 0.05) is 18.3 Å². The molecule has 27 heavy (non-hydrogen) atoms. The van der Waals surface area contributed by atoms with Crippen molar-refractivity contribution in [1.29, 1.82) is 0 Å². The van der Waals surface area contributed by atoms with Crippen LogP contribution in [0.4, 0.5) is 0 Å². The van der Waals surface area contributed by atoms with E-state index in [1.807, 2.05) is 79.7 Å². The van der Waals surface area contributed by atoms with Gasteiger partial charge in [-0.25, -0.2) is 0 Å². The number of aromatic nitrogens is 1. The molecule has 0 aliphatic rings. The molecule has 0 radical (unpaired) electrons. The van der Waals surface area contributed by atoms with E-state index in [9.17, 15) is 4.79 Å². The molecule has 4 nitrogen and oxygen atoms in total. The van der Waals surface area contributed by atoms with Crippen LogP contribution in [0.2, 0.25) is 0 Å². The molecule has 4 heteroatoms. The lowest BCUT2D eigenvalue weighted by atomic mass is 9.78. The average Bonchev–Trinajstić information content (AvgIpc) is 2.73. The summed E-state index contributed by atoms with van der Waals surface area (Å²) >= 11 is 0. The second-order valence-electron chi connectivity index (χ2n) is 6.62. The molecule has 0 aliphatic carbocycles. The number of rotatable bonds is 7. The molecule has 0 saturated heterocycles. The summed E-state index contributed by atoms with van der Waals surface area (Å²) < 4.78 is 10.9. The van der Waals surface area contributed by atoms with Crippen LogP contribution in [-0.4, -0.2) is 18.1 Å². The maximum Gasteiger partial charge on any atom is 0.316 e. The summed E-state index contributed by atoms with van der Waals surface area (Å²) in [5.41, 5.74) is 2.00. The first-order valence-corrected chi connectivity index (χ1v) is 8.87. The van der Waals surface area contributed by atoms with E-state index in [0.29, 0.717) is 13.0 Å². The second-order valence-corrected chi connectivity index (χ2v) is 6.62. The van der Waals surface area contributed by atoms with Gasteiger partial charge in [-0.15, -0.1) is 0 Å². The second kappa shape index (κ2) is 8.49. The summed E-state index contributed by atoms with van der Waals surface area (Å²) in [6.45, 7) is 2.38. The molecule has 1 unspecified atom stereocenters. The lowest BCUT2D eigenvalue weighted by Gasteiger charge is -2.27. The Kier molecular flexibility index (Phi) is 5.87. The van der Waals surface area contributed by atoms with Gasteiger partial charge in [0.25, 0.3) is 0 Å². The van der Waals surface area contributed by atoms with Gasteiger partial charge in [0.15, 0.2) is 0 Å². The van der Waals surface area contributed by atoms with E-state index in [0.717, 1.165) is 22.6 Å². The highest BCUT2D eigenvalue weighted by Gasteiger charge is 2.37. The standard InChI is InChI=1S/C23H23NO3/c1-23(22(25)26-2,16-20-10-6-7-15-24-20)19-11-13-21(14-12-19)27-17-18-8-4-3-5-9-18/h3-15H,16-17H2,1-2H3. The van der Waals surface area contributed by atoms with Crippen LogP contribution in [0.1, 0.15) is 23.7 Å².